The van der Waals surface area contributed by atoms with Crippen LogP contribution in [0.4, 0.5) is 10.8 Å². The number of nitrogens with one attached hydrogen (secondary N) is 2. The van der Waals surface area contributed by atoms with Gasteiger partial charge >= 0.3 is 0 Å². The number of nitrogens with zero attached hydrogens (tertiary/aromatic N) is 1. The lowest BCUT2D eigenvalue weighted by Gasteiger charge is -2.11. The van der Waals surface area contributed by atoms with Crippen molar-refractivity contribution in [2.24, 2.45) is 0 Å². The lowest BCUT2D eigenvalue weighted by molar-refractivity contribution is -0.114. The van der Waals surface area contributed by atoms with Crippen LogP contribution in [0.5, 0.6) is 5.75 Å². The Kier molecular flexibility index (Phi) is 5.25. The molecule has 3 aromatic rings. The van der Waals surface area contributed by atoms with Crippen LogP contribution >= 0.6 is 22.7 Å². The molecule has 2 aromatic heterocycles. The van der Waals surface area contributed by atoms with Crippen LogP contribution in [-0.4, -0.2) is 26.4 Å². The smallest absolute Gasteiger partial charge is 0.263 e. The first kappa shape index (κ1) is 18.4. The van der Waals surface area contributed by atoms with Gasteiger partial charge in [-0.2, -0.15) is 0 Å². The van der Waals surface area contributed by atoms with Gasteiger partial charge in [0.25, 0.3) is 10.0 Å². The topological polar surface area (TPSA) is 97.4 Å². The molecule has 0 radical (unpaired) electrons. The van der Waals surface area contributed by atoms with Gasteiger partial charge in [-0.15, -0.1) is 22.7 Å². The van der Waals surface area contributed by atoms with Crippen LogP contribution in [-0.2, 0) is 14.8 Å². The van der Waals surface area contributed by atoms with E-state index in [4.69, 9.17) is 4.74 Å². The number of benzene rings is 1. The Morgan fingerprint density at radius 2 is 2.04 bits per heavy atom. The quantitative estimate of drug-likeness (QED) is 0.648. The van der Waals surface area contributed by atoms with Crippen molar-refractivity contribution in [2.75, 3.05) is 17.1 Å². The summed E-state index contributed by atoms with van der Waals surface area (Å²) in [7, 11) is -2.44. The molecule has 136 valence electrons. The third-order valence-electron chi connectivity index (χ3n) is 3.29. The van der Waals surface area contributed by atoms with Gasteiger partial charge in [0.2, 0.25) is 5.91 Å². The Morgan fingerprint density at radius 1 is 1.23 bits per heavy atom. The molecule has 10 heteroatoms. The number of rotatable bonds is 6. The Hall–Kier alpha value is -2.43. The van der Waals surface area contributed by atoms with Gasteiger partial charge in [-0.1, -0.05) is 6.07 Å². The molecule has 7 nitrogen and oxygen atoms in total. The summed E-state index contributed by atoms with van der Waals surface area (Å²) in [6.07, 6.45) is 0. The van der Waals surface area contributed by atoms with E-state index in [1.165, 1.54) is 54.9 Å². The first-order valence-electron chi connectivity index (χ1n) is 7.37. The number of ether oxygens (including phenoxy) is 1. The summed E-state index contributed by atoms with van der Waals surface area (Å²) in [6, 6.07) is 8.05. The number of sulfonamides is 1. The van der Waals surface area contributed by atoms with Crippen LogP contribution in [0.3, 0.4) is 0 Å². The van der Waals surface area contributed by atoms with Crippen LogP contribution in [0.25, 0.3) is 10.6 Å². The standard InChI is InChI=1S/C16H15N3O4S3/c1-10(20)17-12-6-5-11(8-14(12)23-2)26(21,22)19-16-18-13(9-25-16)15-4-3-7-24-15/h3-9H,1-2H3,(H,17,20)(H,18,19). The second-order valence-corrected chi connectivity index (χ2v) is 8.65. The van der Waals surface area contributed by atoms with E-state index in [1.807, 2.05) is 17.5 Å². The lowest BCUT2D eigenvalue weighted by Crippen LogP contribution is -2.14. The summed E-state index contributed by atoms with van der Waals surface area (Å²) in [5, 5.41) is 6.59. The number of thiazole rings is 1. The summed E-state index contributed by atoms with van der Waals surface area (Å²) < 4.78 is 32.9. The van der Waals surface area contributed by atoms with E-state index in [9.17, 15) is 13.2 Å². The zero-order valence-corrected chi connectivity index (χ0v) is 16.3. The van der Waals surface area contributed by atoms with Crippen molar-refractivity contribution in [3.63, 3.8) is 0 Å². The van der Waals surface area contributed by atoms with Gasteiger partial charge in [-0.25, -0.2) is 13.4 Å². The third-order valence-corrected chi connectivity index (χ3v) is 6.41. The lowest BCUT2D eigenvalue weighted by atomic mass is 10.3. The number of hydrogen-bond acceptors (Lipinski definition) is 7. The van der Waals surface area contributed by atoms with Crippen molar-refractivity contribution >= 4 is 49.4 Å². The van der Waals surface area contributed by atoms with E-state index in [0.29, 0.717) is 5.69 Å². The van der Waals surface area contributed by atoms with Gasteiger partial charge in [0.15, 0.2) is 5.13 Å². The second-order valence-electron chi connectivity index (χ2n) is 5.16. The van der Waals surface area contributed by atoms with Gasteiger partial charge in [0.1, 0.15) is 5.75 Å². The number of anilines is 2. The van der Waals surface area contributed by atoms with E-state index in [-0.39, 0.29) is 21.7 Å². The van der Waals surface area contributed by atoms with E-state index in [2.05, 4.69) is 15.0 Å². The summed E-state index contributed by atoms with van der Waals surface area (Å²) >= 11 is 2.74. The molecule has 2 N–H and O–H groups in total. The summed E-state index contributed by atoms with van der Waals surface area (Å²) in [6.45, 7) is 1.36. The number of methoxy groups -OCH3 is 1. The number of thiophene rings is 1. The van der Waals surface area contributed by atoms with E-state index in [1.54, 1.807) is 5.38 Å². The minimum atomic E-state index is -3.84. The van der Waals surface area contributed by atoms with E-state index in [0.717, 1.165) is 10.6 Å². The number of carbonyl (C=O) groups excluding carboxylic acids is 1. The van der Waals surface area contributed by atoms with Gasteiger partial charge in [0.05, 0.1) is 28.3 Å². The maximum absolute atomic E-state index is 12.6. The molecule has 0 aliphatic rings. The van der Waals surface area contributed by atoms with Crippen LogP contribution in [0.2, 0.25) is 0 Å². The molecule has 0 unspecified atom stereocenters. The van der Waals surface area contributed by atoms with Crippen molar-refractivity contribution in [2.45, 2.75) is 11.8 Å². The van der Waals surface area contributed by atoms with Crippen LogP contribution < -0.4 is 14.8 Å². The molecular weight excluding hydrogens is 394 g/mol. The largest absolute Gasteiger partial charge is 0.495 e. The highest BCUT2D eigenvalue weighted by atomic mass is 32.2. The molecule has 0 bridgehead atoms. The maximum atomic E-state index is 12.6. The molecule has 2 heterocycles. The molecule has 0 saturated heterocycles. The monoisotopic (exact) mass is 409 g/mol. The van der Waals surface area contributed by atoms with E-state index >= 15 is 0 Å². The van der Waals surface area contributed by atoms with E-state index < -0.39 is 10.0 Å². The van der Waals surface area contributed by atoms with Crippen LogP contribution in [0.1, 0.15) is 6.92 Å². The molecule has 1 amide bonds. The predicted octanol–water partition coefficient (Wildman–Crippen LogP) is 3.64. The van der Waals surface area contributed by atoms with Crippen molar-refractivity contribution in [1.29, 1.82) is 0 Å². The number of carbonyl (C=O) groups is 1. The van der Waals surface area contributed by atoms with Crippen LogP contribution in [0.15, 0.2) is 46.0 Å². The maximum Gasteiger partial charge on any atom is 0.263 e. The molecular formula is C16H15N3O4S3. The Balaban J connectivity index is 1.85. The highest BCUT2D eigenvalue weighted by Crippen LogP contribution is 2.31. The average molecular weight is 410 g/mol. The third kappa shape index (κ3) is 4.03. The minimum Gasteiger partial charge on any atom is -0.495 e. The fourth-order valence-corrected chi connectivity index (χ4v) is 4.90. The molecule has 0 spiro atoms. The predicted molar refractivity (Wildman–Crippen MR) is 104 cm³/mol. The normalized spacial score (nSPS) is 11.2. The molecule has 3 rings (SSSR count). The van der Waals surface area contributed by atoms with Crippen LogP contribution in [0, 0.1) is 0 Å². The molecule has 0 fully saturated rings. The summed E-state index contributed by atoms with van der Waals surface area (Å²) in [5.41, 5.74) is 1.12. The first-order chi connectivity index (χ1) is 12.4. The SMILES string of the molecule is COc1cc(S(=O)(=O)Nc2nc(-c3cccs3)cs2)ccc1NC(C)=O. The molecule has 0 atom stereocenters. The number of aromatic nitrogens is 1. The number of amides is 1. The van der Waals surface area contributed by atoms with Crippen molar-refractivity contribution in [3.05, 3.63) is 41.1 Å². The summed E-state index contributed by atoms with van der Waals surface area (Å²) in [4.78, 5) is 16.5. The Labute approximate surface area is 158 Å². The zero-order chi connectivity index (χ0) is 18.7. The highest BCUT2D eigenvalue weighted by Gasteiger charge is 2.19. The molecule has 0 aliphatic carbocycles. The molecule has 0 saturated carbocycles. The highest BCUT2D eigenvalue weighted by molar-refractivity contribution is 7.93. The fourth-order valence-electron chi connectivity index (χ4n) is 2.16. The van der Waals surface area contributed by atoms with Crippen molar-refractivity contribution in [1.82, 2.24) is 4.98 Å². The van der Waals surface area contributed by atoms with Gasteiger partial charge in [-0.3, -0.25) is 9.52 Å². The molecule has 1 aromatic carbocycles. The van der Waals surface area contributed by atoms with Gasteiger partial charge < -0.3 is 10.1 Å². The average Bonchev–Trinajstić information content (AvgIpc) is 3.25. The fraction of sp³-hybridized carbons (Fsp3) is 0.125. The van der Waals surface area contributed by atoms with Gasteiger partial charge in [-0.05, 0) is 23.6 Å². The number of hydrogen-bond donors (Lipinski definition) is 2. The molecule has 0 aliphatic heterocycles. The second kappa shape index (κ2) is 7.44. The summed E-state index contributed by atoms with van der Waals surface area (Å²) in [5.74, 6) is -0.0255. The van der Waals surface area contributed by atoms with Crippen molar-refractivity contribution < 1.29 is 17.9 Å². The molecule has 26 heavy (non-hydrogen) atoms. The van der Waals surface area contributed by atoms with Gasteiger partial charge in [0, 0.05) is 18.4 Å². The Bertz CT molecular complexity index is 1030. The zero-order valence-electron chi connectivity index (χ0n) is 13.8. The first-order valence-corrected chi connectivity index (χ1v) is 10.6. The minimum absolute atomic E-state index is 0.0105. The Morgan fingerprint density at radius 3 is 2.69 bits per heavy atom. The van der Waals surface area contributed by atoms with Crippen molar-refractivity contribution in [3.8, 4) is 16.3 Å².